The molecule has 0 spiro atoms. The normalized spacial score (nSPS) is 39.8. The van der Waals surface area contributed by atoms with Crippen LogP contribution in [0.2, 0.25) is 0 Å². The second-order valence-electron chi connectivity index (χ2n) is 3.37. The zero-order valence-corrected chi connectivity index (χ0v) is 7.13. The van der Waals surface area contributed by atoms with Crippen LogP contribution in [0.5, 0.6) is 0 Å². The Morgan fingerprint density at radius 3 is 3.18 bits per heavy atom. The number of methoxy groups -OCH3 is 1. The molecule has 0 saturated heterocycles. The van der Waals surface area contributed by atoms with Gasteiger partial charge in [-0.25, -0.2) is 0 Å². The summed E-state index contributed by atoms with van der Waals surface area (Å²) in [6.07, 6.45) is 8.91. The van der Waals surface area contributed by atoms with Gasteiger partial charge in [-0.1, -0.05) is 30.7 Å². The number of hydrogen-bond acceptors (Lipinski definition) is 1. The van der Waals surface area contributed by atoms with Gasteiger partial charge in [0.2, 0.25) is 0 Å². The van der Waals surface area contributed by atoms with Gasteiger partial charge in [0.15, 0.2) is 0 Å². The summed E-state index contributed by atoms with van der Waals surface area (Å²) in [6, 6.07) is 0. The summed E-state index contributed by atoms with van der Waals surface area (Å²) in [5.41, 5.74) is 1.66. The summed E-state index contributed by atoms with van der Waals surface area (Å²) in [5.74, 6) is 0.697. The lowest BCUT2D eigenvalue weighted by atomic mass is 10.0. The van der Waals surface area contributed by atoms with E-state index in [1.54, 1.807) is 5.57 Å². The largest absolute Gasteiger partial charge is 0.373 e. The fourth-order valence-electron chi connectivity index (χ4n) is 2.00. The third-order valence-electron chi connectivity index (χ3n) is 2.88. The van der Waals surface area contributed by atoms with Gasteiger partial charge in [0, 0.05) is 13.0 Å². The van der Waals surface area contributed by atoms with Crippen LogP contribution in [-0.4, -0.2) is 12.7 Å². The van der Waals surface area contributed by atoms with Gasteiger partial charge in [0.1, 0.15) is 0 Å². The van der Waals surface area contributed by atoms with Crippen molar-refractivity contribution in [1.82, 2.24) is 0 Å². The lowest BCUT2D eigenvalue weighted by Crippen LogP contribution is -2.14. The maximum Gasteiger partial charge on any atom is 0.0934 e. The maximum atomic E-state index is 5.46. The number of hydrogen-bond donors (Lipinski definition) is 0. The Kier molecular flexibility index (Phi) is 1.43. The summed E-state index contributed by atoms with van der Waals surface area (Å²) in [7, 11) is 1.81. The average molecular weight is 150 g/mol. The van der Waals surface area contributed by atoms with Crippen molar-refractivity contribution in [3.05, 3.63) is 23.8 Å². The second-order valence-corrected chi connectivity index (χ2v) is 3.37. The highest BCUT2D eigenvalue weighted by molar-refractivity contribution is 5.37. The van der Waals surface area contributed by atoms with Crippen molar-refractivity contribution in [1.29, 1.82) is 0 Å². The average Bonchev–Trinajstić information content (AvgIpc) is 2.78. The zero-order chi connectivity index (χ0) is 7.90. The minimum absolute atomic E-state index is 0.111. The molecule has 60 valence electrons. The summed E-state index contributed by atoms with van der Waals surface area (Å²) < 4.78 is 5.46. The smallest absolute Gasteiger partial charge is 0.0934 e. The summed E-state index contributed by atoms with van der Waals surface area (Å²) in [5, 5.41) is 0. The van der Waals surface area contributed by atoms with E-state index in [9.17, 15) is 0 Å². The van der Waals surface area contributed by atoms with E-state index in [1.165, 1.54) is 12.8 Å². The first-order chi connectivity index (χ1) is 5.32. The molecule has 2 atom stereocenters. The Labute approximate surface area is 67.7 Å². The minimum atomic E-state index is 0.111. The van der Waals surface area contributed by atoms with Gasteiger partial charge in [0.25, 0.3) is 0 Å². The quantitative estimate of drug-likeness (QED) is 0.587. The predicted octanol–water partition coefficient (Wildman–Crippen LogP) is 2.30. The van der Waals surface area contributed by atoms with Crippen molar-refractivity contribution < 1.29 is 4.74 Å². The van der Waals surface area contributed by atoms with E-state index in [1.807, 2.05) is 7.11 Å². The van der Waals surface area contributed by atoms with Gasteiger partial charge in [-0.15, -0.1) is 0 Å². The third kappa shape index (κ3) is 0.875. The van der Waals surface area contributed by atoms with Gasteiger partial charge in [-0.05, 0) is 12.8 Å². The lowest BCUT2D eigenvalue weighted by molar-refractivity contribution is 0.110. The number of fused-ring (bicyclic) bond motifs is 1. The van der Waals surface area contributed by atoms with Gasteiger partial charge in [-0.2, -0.15) is 0 Å². The fraction of sp³-hybridized carbons (Fsp3) is 0.600. The Hall–Kier alpha value is -0.560. The number of rotatable bonds is 2. The van der Waals surface area contributed by atoms with Crippen LogP contribution >= 0.6 is 0 Å². The van der Waals surface area contributed by atoms with Gasteiger partial charge in [-0.3, -0.25) is 0 Å². The van der Waals surface area contributed by atoms with Crippen LogP contribution in [0.4, 0.5) is 0 Å². The molecule has 0 aromatic carbocycles. The van der Waals surface area contributed by atoms with E-state index in [0.29, 0.717) is 5.92 Å². The molecule has 0 aromatic rings. The van der Waals surface area contributed by atoms with Crippen LogP contribution < -0.4 is 0 Å². The molecular weight excluding hydrogens is 136 g/mol. The molecule has 0 aromatic heterocycles. The predicted molar refractivity (Wildman–Crippen MR) is 45.4 cm³/mol. The Balaban J connectivity index is 2.20. The molecule has 1 nitrogen and oxygen atoms in total. The molecule has 0 radical (unpaired) electrons. The monoisotopic (exact) mass is 150 g/mol. The summed E-state index contributed by atoms with van der Waals surface area (Å²) >= 11 is 0. The molecule has 1 heteroatoms. The first-order valence-electron chi connectivity index (χ1n) is 4.26. The van der Waals surface area contributed by atoms with Crippen LogP contribution in [0.3, 0.4) is 0 Å². The van der Waals surface area contributed by atoms with E-state index in [0.717, 1.165) is 0 Å². The molecule has 0 aliphatic heterocycles. The molecule has 11 heavy (non-hydrogen) atoms. The molecular formula is C10H14O. The van der Waals surface area contributed by atoms with E-state index in [-0.39, 0.29) is 5.60 Å². The first kappa shape index (κ1) is 7.11. The van der Waals surface area contributed by atoms with Crippen LogP contribution in [0.25, 0.3) is 0 Å². The first-order valence-corrected chi connectivity index (χ1v) is 4.26. The molecule has 0 N–H and O–H groups in total. The maximum absolute atomic E-state index is 5.46. The van der Waals surface area contributed by atoms with Crippen LogP contribution in [0.15, 0.2) is 23.8 Å². The topological polar surface area (TPSA) is 9.23 Å². The molecule has 1 fully saturated rings. The minimum Gasteiger partial charge on any atom is -0.373 e. The molecule has 2 aliphatic rings. The highest BCUT2D eigenvalue weighted by Gasteiger charge is 2.54. The Morgan fingerprint density at radius 2 is 2.55 bits per heavy atom. The van der Waals surface area contributed by atoms with Crippen molar-refractivity contribution in [2.45, 2.75) is 25.4 Å². The highest BCUT2D eigenvalue weighted by atomic mass is 16.5. The number of allylic oxidation sites excluding steroid dienone is 2. The van der Waals surface area contributed by atoms with Crippen molar-refractivity contribution in [3.8, 4) is 0 Å². The van der Waals surface area contributed by atoms with Crippen molar-refractivity contribution in [3.63, 3.8) is 0 Å². The Bertz CT molecular complexity index is 227. The molecule has 0 amide bonds. The molecule has 2 unspecified atom stereocenters. The number of ether oxygens (including phenoxy) is 1. The summed E-state index contributed by atoms with van der Waals surface area (Å²) in [6.45, 7) is 2.21. The standard InChI is InChI=1S/C10H14O/c1-3-8-5-4-6-10(11-2)7-9(8)10/h4-6,9H,3,7H2,1-2H3. The van der Waals surface area contributed by atoms with Crippen LogP contribution in [0.1, 0.15) is 19.8 Å². The molecule has 0 bridgehead atoms. The van der Waals surface area contributed by atoms with Crippen LogP contribution in [-0.2, 0) is 4.74 Å². The van der Waals surface area contributed by atoms with Crippen LogP contribution in [0, 0.1) is 5.92 Å². The van der Waals surface area contributed by atoms with Crippen molar-refractivity contribution >= 4 is 0 Å². The molecule has 0 heterocycles. The molecule has 2 aliphatic carbocycles. The van der Waals surface area contributed by atoms with Crippen molar-refractivity contribution in [2.75, 3.05) is 7.11 Å². The van der Waals surface area contributed by atoms with Gasteiger partial charge >= 0.3 is 0 Å². The fourth-order valence-corrected chi connectivity index (χ4v) is 2.00. The highest BCUT2D eigenvalue weighted by Crippen LogP contribution is 2.54. The lowest BCUT2D eigenvalue weighted by Gasteiger charge is -2.15. The molecule has 1 saturated carbocycles. The Morgan fingerprint density at radius 1 is 1.73 bits per heavy atom. The van der Waals surface area contributed by atoms with E-state index >= 15 is 0 Å². The summed E-state index contributed by atoms with van der Waals surface area (Å²) in [4.78, 5) is 0. The third-order valence-corrected chi connectivity index (χ3v) is 2.88. The molecule has 2 rings (SSSR count). The van der Waals surface area contributed by atoms with Gasteiger partial charge in [0.05, 0.1) is 5.60 Å². The van der Waals surface area contributed by atoms with Gasteiger partial charge < -0.3 is 4.74 Å². The zero-order valence-electron chi connectivity index (χ0n) is 7.13. The second kappa shape index (κ2) is 2.21. The van der Waals surface area contributed by atoms with Crippen molar-refractivity contribution in [2.24, 2.45) is 5.92 Å². The van der Waals surface area contributed by atoms with E-state index in [4.69, 9.17) is 4.74 Å². The SMILES string of the molecule is CCC1=CC=CC2(OC)CC12. The van der Waals surface area contributed by atoms with E-state index < -0.39 is 0 Å². The van der Waals surface area contributed by atoms with E-state index in [2.05, 4.69) is 25.2 Å².